The number of hydrogen-bond donors (Lipinski definition) is 1. The van der Waals surface area contributed by atoms with Gasteiger partial charge >= 0.3 is 0 Å². The van der Waals surface area contributed by atoms with E-state index in [2.05, 4.69) is 10.5 Å². The highest BCUT2D eigenvalue weighted by Gasteiger charge is 2.27. The number of ether oxygens (including phenoxy) is 2. The van der Waals surface area contributed by atoms with Crippen molar-refractivity contribution in [1.29, 1.82) is 0 Å². The van der Waals surface area contributed by atoms with Crippen molar-refractivity contribution in [3.63, 3.8) is 0 Å². The van der Waals surface area contributed by atoms with Crippen molar-refractivity contribution in [2.75, 3.05) is 24.1 Å². The van der Waals surface area contributed by atoms with Gasteiger partial charge < -0.3 is 9.47 Å². The Bertz CT molecular complexity index is 1280. The molecule has 0 aliphatic heterocycles. The van der Waals surface area contributed by atoms with E-state index in [1.165, 1.54) is 24.4 Å². The second kappa shape index (κ2) is 12.2. The van der Waals surface area contributed by atoms with Crippen molar-refractivity contribution in [2.24, 2.45) is 5.10 Å². The maximum Gasteiger partial charge on any atom is 0.264 e. The van der Waals surface area contributed by atoms with Gasteiger partial charge in [0.1, 0.15) is 6.54 Å². The molecule has 184 valence electrons. The number of amides is 1. The Labute approximate surface area is 210 Å². The minimum absolute atomic E-state index is 0.0501. The number of halogens is 1. The van der Waals surface area contributed by atoms with E-state index < -0.39 is 22.5 Å². The van der Waals surface area contributed by atoms with E-state index in [9.17, 15) is 13.2 Å². The lowest BCUT2D eigenvalue weighted by Crippen LogP contribution is -2.39. The van der Waals surface area contributed by atoms with Crippen LogP contribution in [0.25, 0.3) is 0 Å². The first kappa shape index (κ1) is 26.1. The van der Waals surface area contributed by atoms with E-state index in [-0.39, 0.29) is 10.6 Å². The topological polar surface area (TPSA) is 97.3 Å². The molecule has 0 radical (unpaired) electrons. The molecule has 8 nitrogen and oxygen atoms in total. The SMILES string of the molecule is CCOc1ccc(/C=N/NC(=O)CN(c2cccc(Cl)c2)S(=O)(=O)c2ccccc2)cc1OCC. The molecule has 0 fully saturated rings. The van der Waals surface area contributed by atoms with E-state index in [1.807, 2.05) is 13.8 Å². The highest BCUT2D eigenvalue weighted by atomic mass is 35.5. The predicted molar refractivity (Wildman–Crippen MR) is 137 cm³/mol. The molecule has 0 aliphatic carbocycles. The number of sulfonamides is 1. The van der Waals surface area contributed by atoms with Gasteiger partial charge in [-0.25, -0.2) is 13.8 Å². The molecule has 10 heteroatoms. The Hall–Kier alpha value is -3.56. The lowest BCUT2D eigenvalue weighted by atomic mass is 10.2. The fourth-order valence-electron chi connectivity index (χ4n) is 3.16. The minimum atomic E-state index is -4.03. The molecule has 3 aromatic carbocycles. The normalized spacial score (nSPS) is 11.3. The molecule has 1 amide bonds. The summed E-state index contributed by atoms with van der Waals surface area (Å²) in [6.45, 7) is 4.21. The number of rotatable bonds is 11. The van der Waals surface area contributed by atoms with Crippen LogP contribution in [0.2, 0.25) is 5.02 Å². The number of benzene rings is 3. The summed E-state index contributed by atoms with van der Waals surface area (Å²) in [7, 11) is -4.03. The zero-order chi connectivity index (χ0) is 25.3. The molecule has 0 spiro atoms. The Morgan fingerprint density at radius 1 is 0.971 bits per heavy atom. The molecule has 0 heterocycles. The molecular weight excluding hydrogens is 490 g/mol. The van der Waals surface area contributed by atoms with Crippen molar-refractivity contribution in [3.8, 4) is 11.5 Å². The van der Waals surface area contributed by atoms with Crippen molar-refractivity contribution in [1.82, 2.24) is 5.43 Å². The Kier molecular flexibility index (Phi) is 9.11. The predicted octanol–water partition coefficient (Wildman–Crippen LogP) is 4.48. The monoisotopic (exact) mass is 515 g/mol. The second-order valence-electron chi connectivity index (χ2n) is 7.17. The van der Waals surface area contributed by atoms with Gasteiger partial charge in [-0.1, -0.05) is 35.9 Å². The van der Waals surface area contributed by atoms with Crippen molar-refractivity contribution in [3.05, 3.63) is 83.4 Å². The van der Waals surface area contributed by atoms with Gasteiger partial charge in [0, 0.05) is 5.02 Å². The smallest absolute Gasteiger partial charge is 0.264 e. The summed E-state index contributed by atoms with van der Waals surface area (Å²) in [5.41, 5.74) is 3.31. The van der Waals surface area contributed by atoms with Gasteiger partial charge in [0.05, 0.1) is 30.0 Å². The van der Waals surface area contributed by atoms with Crippen molar-refractivity contribution in [2.45, 2.75) is 18.7 Å². The Balaban J connectivity index is 1.78. The zero-order valence-corrected chi connectivity index (χ0v) is 20.9. The van der Waals surface area contributed by atoms with Gasteiger partial charge in [0.2, 0.25) is 0 Å². The zero-order valence-electron chi connectivity index (χ0n) is 19.3. The fourth-order valence-corrected chi connectivity index (χ4v) is 4.78. The van der Waals surface area contributed by atoms with Crippen LogP contribution >= 0.6 is 11.6 Å². The molecule has 3 rings (SSSR count). The van der Waals surface area contributed by atoms with Crippen LogP contribution in [0.15, 0.2) is 82.8 Å². The van der Waals surface area contributed by atoms with Crippen LogP contribution < -0.4 is 19.2 Å². The number of carbonyl (C=O) groups is 1. The van der Waals surface area contributed by atoms with Crippen LogP contribution in [0, 0.1) is 0 Å². The number of anilines is 1. The average molecular weight is 516 g/mol. The molecule has 0 aliphatic rings. The van der Waals surface area contributed by atoms with Crippen LogP contribution in [0.4, 0.5) is 5.69 Å². The summed E-state index contributed by atoms with van der Waals surface area (Å²) < 4.78 is 38.7. The third-order valence-electron chi connectivity index (χ3n) is 4.68. The van der Waals surface area contributed by atoms with Crippen LogP contribution in [0.5, 0.6) is 11.5 Å². The number of hydrogen-bond acceptors (Lipinski definition) is 6. The maximum atomic E-state index is 13.3. The third-order valence-corrected chi connectivity index (χ3v) is 6.71. The Morgan fingerprint density at radius 3 is 2.37 bits per heavy atom. The molecule has 0 aromatic heterocycles. The van der Waals surface area contributed by atoms with E-state index in [4.69, 9.17) is 21.1 Å². The number of nitrogens with one attached hydrogen (secondary N) is 1. The molecule has 35 heavy (non-hydrogen) atoms. The number of hydrazone groups is 1. The molecular formula is C25H26ClN3O5S. The first-order valence-corrected chi connectivity index (χ1v) is 12.7. The molecule has 0 atom stereocenters. The van der Waals surface area contributed by atoms with Gasteiger partial charge in [-0.05, 0) is 67.9 Å². The van der Waals surface area contributed by atoms with Gasteiger partial charge in [-0.15, -0.1) is 0 Å². The molecule has 0 saturated carbocycles. The summed E-state index contributed by atoms with van der Waals surface area (Å²) in [6, 6.07) is 19.4. The van der Waals surface area contributed by atoms with E-state index in [0.29, 0.717) is 35.3 Å². The summed E-state index contributed by atoms with van der Waals surface area (Å²) in [4.78, 5) is 12.7. The van der Waals surface area contributed by atoms with Crippen molar-refractivity contribution >= 4 is 39.4 Å². The molecule has 1 N–H and O–H groups in total. The maximum absolute atomic E-state index is 13.3. The van der Waals surface area contributed by atoms with Gasteiger partial charge in [0.15, 0.2) is 11.5 Å². The largest absolute Gasteiger partial charge is 0.490 e. The molecule has 3 aromatic rings. The number of carbonyl (C=O) groups excluding carboxylic acids is 1. The van der Waals surface area contributed by atoms with Crippen LogP contribution in [-0.4, -0.2) is 40.3 Å². The van der Waals surface area contributed by atoms with Gasteiger partial charge in [-0.3, -0.25) is 9.10 Å². The first-order valence-electron chi connectivity index (χ1n) is 10.9. The summed E-state index contributed by atoms with van der Waals surface area (Å²) >= 11 is 6.07. The molecule has 0 saturated heterocycles. The minimum Gasteiger partial charge on any atom is -0.490 e. The molecule has 0 unspecified atom stereocenters. The Morgan fingerprint density at radius 2 is 1.69 bits per heavy atom. The fraction of sp³-hybridized carbons (Fsp3) is 0.200. The molecule has 0 bridgehead atoms. The van der Waals surface area contributed by atoms with Crippen molar-refractivity contribution < 1.29 is 22.7 Å². The van der Waals surface area contributed by atoms with E-state index in [0.717, 1.165) is 4.31 Å². The third kappa shape index (κ3) is 6.97. The number of nitrogens with zero attached hydrogens (tertiary/aromatic N) is 2. The van der Waals surface area contributed by atoms with Gasteiger partial charge in [0.25, 0.3) is 15.9 Å². The summed E-state index contributed by atoms with van der Waals surface area (Å²) in [5, 5.41) is 4.31. The van der Waals surface area contributed by atoms with Crippen LogP contribution in [-0.2, 0) is 14.8 Å². The highest BCUT2D eigenvalue weighted by molar-refractivity contribution is 7.92. The van der Waals surface area contributed by atoms with Crippen LogP contribution in [0.3, 0.4) is 0 Å². The summed E-state index contributed by atoms with van der Waals surface area (Å²) in [6.07, 6.45) is 1.44. The second-order valence-corrected chi connectivity index (χ2v) is 9.47. The van der Waals surface area contributed by atoms with Gasteiger partial charge in [-0.2, -0.15) is 5.10 Å². The van der Waals surface area contributed by atoms with Crippen LogP contribution in [0.1, 0.15) is 19.4 Å². The standard InChI is InChI=1S/C25H26ClN3O5S/c1-3-33-23-14-13-19(15-24(23)34-4-2)17-27-28-25(30)18-29(21-10-8-9-20(26)16-21)35(31,32)22-11-6-5-7-12-22/h5-17H,3-4,18H2,1-2H3,(H,28,30)/b27-17+. The quantitative estimate of drug-likeness (QED) is 0.300. The van der Waals surface area contributed by atoms with E-state index in [1.54, 1.807) is 54.6 Å². The lowest BCUT2D eigenvalue weighted by molar-refractivity contribution is -0.119. The first-order chi connectivity index (χ1) is 16.8. The van der Waals surface area contributed by atoms with E-state index >= 15 is 0 Å². The average Bonchev–Trinajstić information content (AvgIpc) is 2.85. The summed E-state index contributed by atoms with van der Waals surface area (Å²) in [5.74, 6) is 0.543. The lowest BCUT2D eigenvalue weighted by Gasteiger charge is -2.23. The highest BCUT2D eigenvalue weighted by Crippen LogP contribution is 2.28.